The fraction of sp³-hybridized carbons (Fsp3) is 0.158. The minimum atomic E-state index is -0.421. The molecule has 0 bridgehead atoms. The first-order valence-electron chi connectivity index (χ1n) is 7.22. The van der Waals surface area contributed by atoms with Crippen LogP contribution >= 0.6 is 0 Å². The number of carbonyl (C=O) groups excluding carboxylic acids is 1. The Hall–Kier alpha value is -3.26. The average molecular weight is 323 g/mol. The lowest BCUT2D eigenvalue weighted by atomic mass is 10.1. The predicted octanol–water partition coefficient (Wildman–Crippen LogP) is 3.33. The first-order valence-corrected chi connectivity index (χ1v) is 7.22. The minimum absolute atomic E-state index is 0.361. The Morgan fingerprint density at radius 3 is 2.50 bits per heavy atom. The molecule has 0 aliphatic carbocycles. The summed E-state index contributed by atoms with van der Waals surface area (Å²) in [5.74, 6) is 0.739. The highest BCUT2D eigenvalue weighted by atomic mass is 16.5. The molecule has 0 aliphatic heterocycles. The lowest BCUT2D eigenvalue weighted by molar-refractivity contribution is -0.134. The van der Waals surface area contributed by atoms with Crippen LogP contribution in [0.1, 0.15) is 16.7 Å². The van der Waals surface area contributed by atoms with Gasteiger partial charge in [0, 0.05) is 6.08 Å². The molecule has 0 N–H and O–H groups in total. The molecule has 0 amide bonds. The number of carbonyl (C=O) groups is 1. The second kappa shape index (κ2) is 8.39. The number of hydrogen-bond acceptors (Lipinski definition) is 5. The summed E-state index contributed by atoms with van der Waals surface area (Å²) < 4.78 is 15.6. The molecule has 0 spiro atoms. The van der Waals surface area contributed by atoms with Crippen LogP contribution in [0, 0.1) is 11.3 Å². The van der Waals surface area contributed by atoms with Crippen molar-refractivity contribution in [2.24, 2.45) is 0 Å². The third-order valence-corrected chi connectivity index (χ3v) is 3.28. The molecule has 0 atom stereocenters. The zero-order valence-electron chi connectivity index (χ0n) is 13.5. The zero-order chi connectivity index (χ0) is 17.4. The Morgan fingerprint density at radius 2 is 1.88 bits per heavy atom. The molecule has 0 fully saturated rings. The summed E-state index contributed by atoms with van der Waals surface area (Å²) in [6.45, 7) is 0.361. The molecule has 2 aromatic carbocycles. The van der Waals surface area contributed by atoms with E-state index in [0.29, 0.717) is 23.7 Å². The van der Waals surface area contributed by atoms with E-state index in [-0.39, 0.29) is 0 Å². The van der Waals surface area contributed by atoms with Gasteiger partial charge in [0.05, 0.1) is 25.9 Å². The van der Waals surface area contributed by atoms with Crippen molar-refractivity contribution in [3.05, 3.63) is 65.2 Å². The van der Waals surface area contributed by atoms with Gasteiger partial charge < -0.3 is 14.2 Å². The molecule has 122 valence electrons. The van der Waals surface area contributed by atoms with Gasteiger partial charge in [-0.3, -0.25) is 0 Å². The molecule has 0 radical (unpaired) electrons. The molecule has 0 unspecified atom stereocenters. The largest absolute Gasteiger partial charge is 0.493 e. The van der Waals surface area contributed by atoms with Gasteiger partial charge in [-0.1, -0.05) is 18.2 Å². The van der Waals surface area contributed by atoms with Crippen molar-refractivity contribution in [3.8, 4) is 17.6 Å². The van der Waals surface area contributed by atoms with Gasteiger partial charge in [0.15, 0.2) is 11.5 Å². The fourth-order valence-electron chi connectivity index (χ4n) is 1.98. The van der Waals surface area contributed by atoms with Crippen molar-refractivity contribution in [2.75, 3.05) is 14.2 Å². The van der Waals surface area contributed by atoms with Crippen molar-refractivity contribution in [2.45, 2.75) is 6.61 Å². The predicted molar refractivity (Wildman–Crippen MR) is 89.5 cm³/mol. The molecule has 0 aliphatic rings. The topological polar surface area (TPSA) is 68.5 Å². The van der Waals surface area contributed by atoms with Gasteiger partial charge in [0.25, 0.3) is 0 Å². The smallest absolute Gasteiger partial charge is 0.330 e. The van der Waals surface area contributed by atoms with Crippen molar-refractivity contribution < 1.29 is 19.0 Å². The monoisotopic (exact) mass is 323 g/mol. The number of benzene rings is 2. The molecular weight excluding hydrogens is 306 g/mol. The van der Waals surface area contributed by atoms with Crippen molar-refractivity contribution >= 4 is 12.0 Å². The highest BCUT2D eigenvalue weighted by molar-refractivity contribution is 5.87. The number of rotatable bonds is 6. The summed E-state index contributed by atoms with van der Waals surface area (Å²) in [7, 11) is 2.88. The second-order valence-electron chi connectivity index (χ2n) is 4.86. The van der Waals surface area contributed by atoms with E-state index in [4.69, 9.17) is 14.7 Å². The molecule has 0 heterocycles. The van der Waals surface area contributed by atoms with Crippen LogP contribution in [0.15, 0.2) is 48.5 Å². The van der Waals surface area contributed by atoms with Crippen LogP contribution < -0.4 is 9.47 Å². The highest BCUT2D eigenvalue weighted by Crippen LogP contribution is 2.29. The van der Waals surface area contributed by atoms with Crippen molar-refractivity contribution in [1.29, 1.82) is 5.26 Å². The number of ether oxygens (including phenoxy) is 3. The normalized spacial score (nSPS) is 10.2. The molecule has 5 heteroatoms. The van der Waals surface area contributed by atoms with Crippen LogP contribution in [-0.4, -0.2) is 20.2 Å². The van der Waals surface area contributed by atoms with E-state index < -0.39 is 5.97 Å². The Balaban J connectivity index is 2.08. The Morgan fingerprint density at radius 1 is 1.12 bits per heavy atom. The number of nitriles is 1. The maximum Gasteiger partial charge on any atom is 0.330 e. The number of esters is 1. The van der Waals surface area contributed by atoms with Crippen LogP contribution in [0.25, 0.3) is 6.08 Å². The van der Waals surface area contributed by atoms with E-state index in [9.17, 15) is 4.79 Å². The molecule has 5 nitrogen and oxygen atoms in total. The third kappa shape index (κ3) is 4.62. The van der Waals surface area contributed by atoms with Crippen LogP contribution in [-0.2, 0) is 16.1 Å². The minimum Gasteiger partial charge on any atom is -0.493 e. The van der Waals surface area contributed by atoms with Gasteiger partial charge in [-0.25, -0.2) is 4.79 Å². The zero-order valence-corrected chi connectivity index (χ0v) is 13.5. The highest BCUT2D eigenvalue weighted by Gasteiger charge is 2.06. The van der Waals surface area contributed by atoms with E-state index in [2.05, 4.69) is 10.8 Å². The van der Waals surface area contributed by atoms with Gasteiger partial charge in [-0.2, -0.15) is 5.26 Å². The molecule has 24 heavy (non-hydrogen) atoms. The van der Waals surface area contributed by atoms with E-state index in [0.717, 1.165) is 11.1 Å². The van der Waals surface area contributed by atoms with E-state index in [1.54, 1.807) is 37.5 Å². The SMILES string of the molecule is COC(=O)/C=C/c1ccc(OCc2ccc(C#N)cc2)c(OC)c1. The van der Waals surface area contributed by atoms with E-state index in [1.807, 2.05) is 18.2 Å². The molecule has 2 aromatic rings. The molecule has 0 saturated carbocycles. The lowest BCUT2D eigenvalue weighted by Crippen LogP contribution is -1.98. The maximum atomic E-state index is 11.1. The summed E-state index contributed by atoms with van der Waals surface area (Å²) in [5.41, 5.74) is 2.35. The summed E-state index contributed by atoms with van der Waals surface area (Å²) in [4.78, 5) is 11.1. The first kappa shape index (κ1) is 17.1. The molecule has 0 aromatic heterocycles. The van der Waals surface area contributed by atoms with E-state index >= 15 is 0 Å². The third-order valence-electron chi connectivity index (χ3n) is 3.28. The second-order valence-corrected chi connectivity index (χ2v) is 4.86. The lowest BCUT2D eigenvalue weighted by Gasteiger charge is -2.11. The van der Waals surface area contributed by atoms with E-state index in [1.165, 1.54) is 13.2 Å². The van der Waals surface area contributed by atoms with Crippen LogP contribution in [0.2, 0.25) is 0 Å². The Kier molecular flexibility index (Phi) is 5.98. The van der Waals surface area contributed by atoms with Gasteiger partial charge in [-0.15, -0.1) is 0 Å². The van der Waals surface area contributed by atoms with Gasteiger partial charge in [0.2, 0.25) is 0 Å². The van der Waals surface area contributed by atoms with Crippen molar-refractivity contribution in [3.63, 3.8) is 0 Å². The molecule has 2 rings (SSSR count). The summed E-state index contributed by atoms with van der Waals surface area (Å²) in [5, 5.41) is 8.79. The maximum absolute atomic E-state index is 11.1. The van der Waals surface area contributed by atoms with Crippen LogP contribution in [0.3, 0.4) is 0 Å². The standard InChI is InChI=1S/C19H17NO4/c1-22-18-11-14(8-10-19(21)23-2)7-9-17(18)24-13-16-5-3-15(12-20)4-6-16/h3-11H,13H2,1-2H3/b10-8+. The quantitative estimate of drug-likeness (QED) is 0.602. The first-order chi connectivity index (χ1) is 11.7. The Labute approximate surface area is 140 Å². The van der Waals surface area contributed by atoms with Crippen LogP contribution in [0.4, 0.5) is 0 Å². The Bertz CT molecular complexity index is 773. The van der Waals surface area contributed by atoms with Crippen molar-refractivity contribution in [1.82, 2.24) is 0 Å². The van der Waals surface area contributed by atoms with Gasteiger partial charge in [-0.05, 0) is 41.5 Å². The van der Waals surface area contributed by atoms with Gasteiger partial charge in [0.1, 0.15) is 6.61 Å². The average Bonchev–Trinajstić information content (AvgIpc) is 2.64. The summed E-state index contributed by atoms with van der Waals surface area (Å²) in [6.07, 6.45) is 2.98. The summed E-state index contributed by atoms with van der Waals surface area (Å²) >= 11 is 0. The number of nitrogens with zero attached hydrogens (tertiary/aromatic N) is 1. The summed E-state index contributed by atoms with van der Waals surface area (Å²) in [6, 6.07) is 14.6. The number of methoxy groups -OCH3 is 2. The fourth-order valence-corrected chi connectivity index (χ4v) is 1.98. The molecular formula is C19H17NO4. The number of hydrogen-bond donors (Lipinski definition) is 0. The van der Waals surface area contributed by atoms with Crippen LogP contribution in [0.5, 0.6) is 11.5 Å². The molecule has 0 saturated heterocycles. The van der Waals surface area contributed by atoms with Gasteiger partial charge >= 0.3 is 5.97 Å².